The molecule has 0 saturated carbocycles. The van der Waals surface area contributed by atoms with Crippen molar-refractivity contribution < 1.29 is 24.0 Å². The van der Waals surface area contributed by atoms with Crippen LogP contribution in [0.5, 0.6) is 11.5 Å². The van der Waals surface area contributed by atoms with Gasteiger partial charge in [0.1, 0.15) is 11.8 Å². The van der Waals surface area contributed by atoms with Crippen LogP contribution in [0.15, 0.2) is 46.9 Å². The first-order valence-corrected chi connectivity index (χ1v) is 11.0. The Morgan fingerprint density at radius 1 is 1.18 bits per heavy atom. The summed E-state index contributed by atoms with van der Waals surface area (Å²) < 4.78 is 11.5. The number of amides is 2. The van der Waals surface area contributed by atoms with E-state index in [1.54, 1.807) is 6.92 Å². The Morgan fingerprint density at radius 2 is 1.82 bits per heavy atom. The summed E-state index contributed by atoms with van der Waals surface area (Å²) in [5.41, 5.74) is 0.184. The minimum absolute atomic E-state index is 0.0228. The van der Waals surface area contributed by atoms with Crippen molar-refractivity contribution in [3.05, 3.63) is 62.6 Å². The summed E-state index contributed by atoms with van der Waals surface area (Å²) in [7, 11) is 1.31. The molecule has 0 bridgehead atoms. The lowest BCUT2D eigenvalue weighted by Crippen LogP contribution is -2.53. The third-order valence-electron chi connectivity index (χ3n) is 4.64. The number of nitrogens with one attached hydrogen (secondary N) is 1. The molecule has 2 rings (SSSR count). The molecule has 0 unspecified atom stereocenters. The molecule has 0 aliphatic heterocycles. The summed E-state index contributed by atoms with van der Waals surface area (Å²) in [5, 5.41) is 14.0. The second-order valence-electron chi connectivity index (χ2n) is 8.44. The molecule has 1 N–H and O–H groups in total. The maximum atomic E-state index is 13.1. The third-order valence-corrected chi connectivity index (χ3v) is 5.17. The molecule has 2 aromatic carbocycles. The summed E-state index contributed by atoms with van der Waals surface area (Å²) in [5.74, 6) is -0.437. The van der Waals surface area contributed by atoms with Crippen molar-refractivity contribution in [3.8, 4) is 11.5 Å². The lowest BCUT2D eigenvalue weighted by Gasteiger charge is -2.31. The van der Waals surface area contributed by atoms with Crippen LogP contribution in [0.1, 0.15) is 33.3 Å². The first-order chi connectivity index (χ1) is 15.4. The van der Waals surface area contributed by atoms with Crippen molar-refractivity contribution in [2.45, 2.75) is 45.8 Å². The zero-order valence-electron chi connectivity index (χ0n) is 19.3. The Morgan fingerprint density at radius 3 is 2.36 bits per heavy atom. The largest absolute Gasteiger partial charge is 0.490 e. The highest BCUT2D eigenvalue weighted by Gasteiger charge is 2.29. The van der Waals surface area contributed by atoms with Crippen molar-refractivity contribution in [2.75, 3.05) is 13.7 Å². The topological polar surface area (TPSA) is 111 Å². The van der Waals surface area contributed by atoms with E-state index >= 15 is 0 Å². The van der Waals surface area contributed by atoms with E-state index in [1.165, 1.54) is 30.2 Å². The molecule has 0 radical (unpaired) electrons. The van der Waals surface area contributed by atoms with E-state index in [0.717, 1.165) is 10.0 Å². The van der Waals surface area contributed by atoms with E-state index < -0.39 is 22.4 Å². The number of carbonyl (C=O) groups is 2. The van der Waals surface area contributed by atoms with Crippen molar-refractivity contribution in [2.24, 2.45) is 0 Å². The number of carbonyl (C=O) groups excluding carboxylic acids is 2. The average Bonchev–Trinajstić information content (AvgIpc) is 2.75. The Labute approximate surface area is 201 Å². The van der Waals surface area contributed by atoms with Gasteiger partial charge < -0.3 is 19.7 Å². The number of hydrogen-bond acceptors (Lipinski definition) is 6. The highest BCUT2D eigenvalue weighted by molar-refractivity contribution is 9.10. The molecule has 0 heterocycles. The molecule has 0 aromatic heterocycles. The normalized spacial score (nSPS) is 11.9. The molecule has 10 heteroatoms. The number of nitro groups is 1. The molecule has 33 heavy (non-hydrogen) atoms. The number of ether oxygens (including phenoxy) is 2. The SMILES string of the molecule is COc1cc(OCC(=O)N(Cc2ccc(Br)cc2)[C@@H](C)C(=O)NC(C)(C)C)ccc1[N+](=O)[O-]. The van der Waals surface area contributed by atoms with Crippen LogP contribution in [0.25, 0.3) is 0 Å². The van der Waals surface area contributed by atoms with E-state index in [9.17, 15) is 19.7 Å². The fourth-order valence-electron chi connectivity index (χ4n) is 2.97. The number of hydrogen-bond donors (Lipinski definition) is 1. The Balaban J connectivity index is 2.21. The van der Waals surface area contributed by atoms with E-state index in [4.69, 9.17) is 9.47 Å². The van der Waals surface area contributed by atoms with Crippen LogP contribution in [0.2, 0.25) is 0 Å². The zero-order valence-corrected chi connectivity index (χ0v) is 20.8. The van der Waals surface area contributed by atoms with Gasteiger partial charge in [-0.2, -0.15) is 0 Å². The fourth-order valence-corrected chi connectivity index (χ4v) is 3.23. The smallest absolute Gasteiger partial charge is 0.311 e. The second kappa shape index (κ2) is 11.1. The second-order valence-corrected chi connectivity index (χ2v) is 9.36. The Kier molecular flexibility index (Phi) is 8.81. The standard InChI is InChI=1S/C23H28BrN3O6/c1-15(22(29)25-23(2,3)4)26(13-16-6-8-17(24)9-7-16)21(28)14-33-18-10-11-19(27(30)31)20(12-18)32-5/h6-12,15H,13-14H2,1-5H3,(H,25,29)/t15-/m0/s1. The number of halogens is 1. The summed E-state index contributed by atoms with van der Waals surface area (Å²) in [6.07, 6.45) is 0. The van der Waals surface area contributed by atoms with Gasteiger partial charge in [0.25, 0.3) is 5.91 Å². The van der Waals surface area contributed by atoms with Gasteiger partial charge in [-0.05, 0) is 51.5 Å². The van der Waals surface area contributed by atoms with Crippen LogP contribution in [-0.2, 0) is 16.1 Å². The molecule has 178 valence electrons. The number of nitro benzene ring substituents is 1. The molecule has 2 aromatic rings. The van der Waals surface area contributed by atoms with Gasteiger partial charge in [-0.3, -0.25) is 19.7 Å². The van der Waals surface area contributed by atoms with Crippen LogP contribution >= 0.6 is 15.9 Å². The van der Waals surface area contributed by atoms with Crippen LogP contribution < -0.4 is 14.8 Å². The zero-order chi connectivity index (χ0) is 24.8. The monoisotopic (exact) mass is 521 g/mol. The quantitative estimate of drug-likeness (QED) is 0.393. The van der Waals surface area contributed by atoms with Crippen molar-refractivity contribution in [3.63, 3.8) is 0 Å². The van der Waals surface area contributed by atoms with E-state index in [0.29, 0.717) is 0 Å². The van der Waals surface area contributed by atoms with Crippen molar-refractivity contribution >= 4 is 33.4 Å². The minimum atomic E-state index is -0.754. The first kappa shape index (κ1) is 26.1. The lowest BCUT2D eigenvalue weighted by molar-refractivity contribution is -0.385. The number of benzene rings is 2. The molecule has 1 atom stereocenters. The molecule has 0 saturated heterocycles. The number of nitrogens with zero attached hydrogens (tertiary/aromatic N) is 2. The molecule has 0 aliphatic carbocycles. The molecular weight excluding hydrogens is 494 g/mol. The molecule has 0 fully saturated rings. The van der Waals surface area contributed by atoms with Crippen LogP contribution in [-0.4, -0.2) is 46.9 Å². The summed E-state index contributed by atoms with van der Waals surface area (Å²) >= 11 is 3.39. The van der Waals surface area contributed by atoms with Gasteiger partial charge in [0.2, 0.25) is 11.7 Å². The van der Waals surface area contributed by atoms with E-state index in [1.807, 2.05) is 45.0 Å². The molecule has 9 nitrogen and oxygen atoms in total. The highest BCUT2D eigenvalue weighted by Crippen LogP contribution is 2.30. The van der Waals surface area contributed by atoms with E-state index in [2.05, 4.69) is 21.2 Å². The predicted molar refractivity (Wildman–Crippen MR) is 127 cm³/mol. The lowest BCUT2D eigenvalue weighted by atomic mass is 10.1. The van der Waals surface area contributed by atoms with Crippen LogP contribution in [0.3, 0.4) is 0 Å². The first-order valence-electron chi connectivity index (χ1n) is 10.2. The van der Waals surface area contributed by atoms with Gasteiger partial charge in [-0.1, -0.05) is 28.1 Å². The van der Waals surface area contributed by atoms with Gasteiger partial charge in [0.15, 0.2) is 6.61 Å². The summed E-state index contributed by atoms with van der Waals surface area (Å²) in [6.45, 7) is 7.10. The van der Waals surface area contributed by atoms with Crippen LogP contribution in [0.4, 0.5) is 5.69 Å². The van der Waals surface area contributed by atoms with Crippen molar-refractivity contribution in [1.29, 1.82) is 0 Å². The third kappa shape index (κ3) is 7.74. The maximum absolute atomic E-state index is 13.1. The van der Waals surface area contributed by atoms with Crippen LogP contribution in [0, 0.1) is 10.1 Å². The van der Waals surface area contributed by atoms with Crippen molar-refractivity contribution in [1.82, 2.24) is 10.2 Å². The highest BCUT2D eigenvalue weighted by atomic mass is 79.9. The number of rotatable bonds is 9. The molecular formula is C23H28BrN3O6. The van der Waals surface area contributed by atoms with Gasteiger partial charge in [0, 0.05) is 28.7 Å². The average molecular weight is 522 g/mol. The molecule has 2 amide bonds. The van der Waals surface area contributed by atoms with E-state index in [-0.39, 0.29) is 36.2 Å². The van der Waals surface area contributed by atoms with Gasteiger partial charge >= 0.3 is 5.69 Å². The molecule has 0 aliphatic rings. The Bertz CT molecular complexity index is 1000. The number of methoxy groups -OCH3 is 1. The summed E-state index contributed by atoms with van der Waals surface area (Å²) in [4.78, 5) is 37.8. The van der Waals surface area contributed by atoms with Gasteiger partial charge in [-0.25, -0.2) is 0 Å². The summed E-state index contributed by atoms with van der Waals surface area (Å²) in [6, 6.07) is 10.7. The van der Waals surface area contributed by atoms with Gasteiger partial charge in [-0.15, -0.1) is 0 Å². The molecule has 0 spiro atoms. The fraction of sp³-hybridized carbons (Fsp3) is 0.391. The predicted octanol–water partition coefficient (Wildman–Crippen LogP) is 4.08. The minimum Gasteiger partial charge on any atom is -0.490 e. The maximum Gasteiger partial charge on any atom is 0.311 e. The van der Waals surface area contributed by atoms with Gasteiger partial charge in [0.05, 0.1) is 12.0 Å². The Hall–Kier alpha value is -3.14.